The number of H-pyrrole nitrogens is 1. The first-order valence-electron chi connectivity index (χ1n) is 11.6. The first-order valence-corrected chi connectivity index (χ1v) is 11.6. The van der Waals surface area contributed by atoms with E-state index in [1.165, 1.54) is 12.3 Å². The predicted molar refractivity (Wildman–Crippen MR) is 130 cm³/mol. The number of hydrogen-bond donors (Lipinski definition) is 3. The van der Waals surface area contributed by atoms with Gasteiger partial charge in [0.05, 0.1) is 29.9 Å². The molecule has 10 nitrogen and oxygen atoms in total. The summed E-state index contributed by atoms with van der Waals surface area (Å²) in [5.74, 6) is -0.0772. The van der Waals surface area contributed by atoms with Gasteiger partial charge in [0.1, 0.15) is 17.6 Å². The second-order valence-corrected chi connectivity index (χ2v) is 8.59. The molecule has 11 heteroatoms. The number of benzene rings is 1. The van der Waals surface area contributed by atoms with Gasteiger partial charge in [-0.2, -0.15) is 5.10 Å². The molecule has 1 aliphatic rings. The number of aromatic nitrogens is 5. The van der Waals surface area contributed by atoms with Crippen molar-refractivity contribution in [1.82, 2.24) is 30.5 Å². The zero-order chi connectivity index (χ0) is 25.1. The molecular formula is C25H26FN7O3. The molecule has 1 saturated heterocycles. The molecular weight excluding hydrogens is 465 g/mol. The number of methoxy groups -OCH3 is 1. The minimum absolute atomic E-state index is 0.129. The Labute approximate surface area is 206 Å². The number of rotatable bonds is 7. The van der Waals surface area contributed by atoms with Gasteiger partial charge in [-0.05, 0) is 38.0 Å². The second-order valence-electron chi connectivity index (χ2n) is 8.59. The van der Waals surface area contributed by atoms with E-state index in [0.29, 0.717) is 36.1 Å². The van der Waals surface area contributed by atoms with E-state index >= 15 is 0 Å². The molecule has 3 N–H and O–H groups in total. The maximum Gasteiger partial charge on any atom is 0.252 e. The smallest absolute Gasteiger partial charge is 0.252 e. The number of aryl methyl sites for hydroxylation is 1. The fourth-order valence-electron chi connectivity index (χ4n) is 4.21. The maximum absolute atomic E-state index is 15.0. The first kappa shape index (κ1) is 23.6. The normalized spacial score (nSPS) is 15.0. The van der Waals surface area contributed by atoms with Crippen LogP contribution in [0, 0.1) is 12.7 Å². The minimum atomic E-state index is -0.638. The van der Waals surface area contributed by atoms with Crippen molar-refractivity contribution in [3.8, 4) is 5.75 Å². The monoisotopic (exact) mass is 491 g/mol. The molecule has 186 valence electrons. The summed E-state index contributed by atoms with van der Waals surface area (Å²) in [6.07, 6.45) is 6.33. The van der Waals surface area contributed by atoms with Gasteiger partial charge in [0, 0.05) is 54.5 Å². The average Bonchev–Trinajstić information content (AvgIpc) is 3.32. The summed E-state index contributed by atoms with van der Waals surface area (Å²) in [5.41, 5.74) is 2.52. The van der Waals surface area contributed by atoms with Gasteiger partial charge in [0.2, 0.25) is 5.95 Å². The van der Waals surface area contributed by atoms with Crippen molar-refractivity contribution in [3.05, 3.63) is 71.2 Å². The summed E-state index contributed by atoms with van der Waals surface area (Å²) in [5, 5.41) is 13.4. The number of carbonyl (C=O) groups is 1. The largest absolute Gasteiger partial charge is 0.497 e. The van der Waals surface area contributed by atoms with Crippen LogP contribution >= 0.6 is 0 Å². The Bertz CT molecular complexity index is 1390. The van der Waals surface area contributed by atoms with Crippen molar-refractivity contribution in [2.24, 2.45) is 0 Å². The van der Waals surface area contributed by atoms with Crippen molar-refractivity contribution >= 4 is 22.8 Å². The number of amides is 1. The van der Waals surface area contributed by atoms with Crippen molar-refractivity contribution in [1.29, 1.82) is 0 Å². The van der Waals surface area contributed by atoms with E-state index in [1.54, 1.807) is 37.7 Å². The number of nitrogens with zero attached hydrogens (tertiary/aromatic N) is 4. The summed E-state index contributed by atoms with van der Waals surface area (Å²) in [6, 6.07) is 5.74. The number of anilines is 1. The summed E-state index contributed by atoms with van der Waals surface area (Å²) < 4.78 is 25.7. The van der Waals surface area contributed by atoms with Crippen LogP contribution in [0.2, 0.25) is 0 Å². The Morgan fingerprint density at radius 2 is 2.06 bits per heavy atom. The molecule has 0 spiro atoms. The Morgan fingerprint density at radius 3 is 2.81 bits per heavy atom. The van der Waals surface area contributed by atoms with E-state index in [0.717, 1.165) is 24.1 Å². The molecule has 1 aromatic carbocycles. The Kier molecular flexibility index (Phi) is 6.72. The maximum atomic E-state index is 15.0. The fraction of sp³-hybridized carbons (Fsp3) is 0.320. The zero-order valence-electron chi connectivity index (χ0n) is 19.9. The summed E-state index contributed by atoms with van der Waals surface area (Å²) in [4.78, 5) is 26.5. The highest BCUT2D eigenvalue weighted by atomic mass is 19.1. The van der Waals surface area contributed by atoms with Crippen LogP contribution in [0.25, 0.3) is 10.9 Å². The SMILES string of the molecule is COc1ccnc(C(NC(=O)c2cc(F)c3cnc(NC4CCOCC4)nc3c2)c2cn[nH]c2C)c1. The van der Waals surface area contributed by atoms with Crippen molar-refractivity contribution < 1.29 is 18.7 Å². The molecule has 4 heterocycles. The number of halogens is 1. The third-order valence-electron chi connectivity index (χ3n) is 6.21. The molecule has 1 fully saturated rings. The van der Waals surface area contributed by atoms with Crippen LogP contribution in [-0.4, -0.2) is 57.4 Å². The highest BCUT2D eigenvalue weighted by Crippen LogP contribution is 2.26. The Balaban J connectivity index is 1.45. The van der Waals surface area contributed by atoms with E-state index < -0.39 is 17.8 Å². The number of carbonyl (C=O) groups excluding carboxylic acids is 1. The number of fused-ring (bicyclic) bond motifs is 1. The summed E-state index contributed by atoms with van der Waals surface area (Å²) in [7, 11) is 1.56. The predicted octanol–water partition coefficient (Wildman–Crippen LogP) is 3.31. The third-order valence-corrected chi connectivity index (χ3v) is 6.21. The van der Waals surface area contributed by atoms with Crippen LogP contribution in [0.4, 0.5) is 10.3 Å². The van der Waals surface area contributed by atoms with Crippen LogP contribution in [-0.2, 0) is 4.74 Å². The standard InChI is InChI=1S/C25H26FN7O3/c1-14-18(13-29-33-14)23(22-11-17(35-2)3-6-27-22)32-24(34)15-9-20(26)19-12-28-25(31-21(19)10-15)30-16-4-7-36-8-5-16/h3,6,9-13,16,23H,4-5,7-8H2,1-2H3,(H,29,33)(H,32,34)(H,28,30,31). The highest BCUT2D eigenvalue weighted by Gasteiger charge is 2.24. The third kappa shape index (κ3) is 4.96. The van der Waals surface area contributed by atoms with E-state index in [2.05, 4.69) is 35.8 Å². The van der Waals surface area contributed by atoms with Crippen molar-refractivity contribution in [2.75, 3.05) is 25.6 Å². The molecule has 3 aromatic heterocycles. The van der Waals surface area contributed by atoms with Crippen LogP contribution in [0.1, 0.15) is 46.2 Å². The molecule has 0 saturated carbocycles. The number of hydrogen-bond acceptors (Lipinski definition) is 8. The first-order chi connectivity index (χ1) is 17.5. The lowest BCUT2D eigenvalue weighted by molar-refractivity contribution is 0.0903. The highest BCUT2D eigenvalue weighted by molar-refractivity contribution is 5.98. The van der Waals surface area contributed by atoms with Gasteiger partial charge in [-0.15, -0.1) is 0 Å². The number of pyridine rings is 1. The molecule has 1 amide bonds. The molecule has 0 aliphatic carbocycles. The van der Waals surface area contributed by atoms with E-state index in [1.807, 2.05) is 6.92 Å². The van der Waals surface area contributed by atoms with E-state index in [4.69, 9.17) is 9.47 Å². The van der Waals surface area contributed by atoms with E-state index in [-0.39, 0.29) is 17.0 Å². The number of ether oxygens (including phenoxy) is 2. The molecule has 5 rings (SSSR count). The van der Waals surface area contributed by atoms with Gasteiger partial charge in [-0.25, -0.2) is 14.4 Å². The minimum Gasteiger partial charge on any atom is -0.497 e. The number of nitrogens with one attached hydrogen (secondary N) is 3. The lowest BCUT2D eigenvalue weighted by atomic mass is 10.0. The zero-order valence-corrected chi connectivity index (χ0v) is 19.9. The Hall–Kier alpha value is -4.12. The molecule has 0 radical (unpaired) electrons. The van der Waals surface area contributed by atoms with Crippen LogP contribution in [0.5, 0.6) is 5.75 Å². The lowest BCUT2D eigenvalue weighted by Gasteiger charge is -2.23. The summed E-state index contributed by atoms with van der Waals surface area (Å²) in [6.45, 7) is 3.19. The molecule has 1 unspecified atom stereocenters. The molecule has 1 atom stereocenters. The van der Waals surface area contributed by atoms with Gasteiger partial charge in [0.15, 0.2) is 0 Å². The van der Waals surface area contributed by atoms with Crippen molar-refractivity contribution in [3.63, 3.8) is 0 Å². The molecule has 1 aliphatic heterocycles. The van der Waals surface area contributed by atoms with Crippen LogP contribution in [0.3, 0.4) is 0 Å². The quantitative estimate of drug-likeness (QED) is 0.359. The van der Waals surface area contributed by atoms with Gasteiger partial charge < -0.3 is 20.1 Å². The van der Waals surface area contributed by atoms with Crippen molar-refractivity contribution in [2.45, 2.75) is 31.8 Å². The molecule has 4 aromatic rings. The number of aromatic amines is 1. The molecule has 36 heavy (non-hydrogen) atoms. The van der Waals surface area contributed by atoms with Gasteiger partial charge in [-0.3, -0.25) is 14.9 Å². The van der Waals surface area contributed by atoms with Crippen LogP contribution < -0.4 is 15.4 Å². The fourth-order valence-corrected chi connectivity index (χ4v) is 4.21. The summed E-state index contributed by atoms with van der Waals surface area (Å²) >= 11 is 0. The van der Waals surface area contributed by atoms with Gasteiger partial charge in [0.25, 0.3) is 5.91 Å². The van der Waals surface area contributed by atoms with E-state index in [9.17, 15) is 9.18 Å². The lowest BCUT2D eigenvalue weighted by Crippen LogP contribution is -2.30. The molecule has 0 bridgehead atoms. The van der Waals surface area contributed by atoms with Crippen LogP contribution in [0.15, 0.2) is 42.9 Å². The second kappa shape index (κ2) is 10.2. The van der Waals surface area contributed by atoms with Gasteiger partial charge >= 0.3 is 0 Å². The average molecular weight is 492 g/mol. The topological polar surface area (TPSA) is 127 Å². The van der Waals surface area contributed by atoms with Gasteiger partial charge in [-0.1, -0.05) is 0 Å². The Morgan fingerprint density at radius 1 is 1.22 bits per heavy atom.